The summed E-state index contributed by atoms with van der Waals surface area (Å²) in [5, 5.41) is 10.2. The first-order valence-electron chi connectivity index (χ1n) is 12.8. The van der Waals surface area contributed by atoms with E-state index in [-0.39, 0.29) is 34.0 Å². The van der Waals surface area contributed by atoms with Crippen LogP contribution in [0.25, 0.3) is 0 Å². The standard InChI is InChI=1S/C28H19Cl2F5N2O6/c1-36-23(39)11-5-4-10-12(15(11)24(36)40)8-27(29)25(41)37(22-20(34)18(32)17(31)19(33)21(22)35)26(42)28(27,30)16(10)9-3-6-13(38)14(7-9)43-2/h3-4,6-7,11-12,15-16,38H,5,8H2,1-2H3/t11-,12+,15-,16-,27+,28-/m0/s1. The Hall–Kier alpha value is -3.71. The third kappa shape index (κ3) is 3.48. The van der Waals surface area contributed by atoms with Gasteiger partial charge in [0.2, 0.25) is 17.6 Å². The number of carbonyl (C=O) groups is 4. The van der Waals surface area contributed by atoms with Gasteiger partial charge in [-0.3, -0.25) is 24.1 Å². The molecule has 8 nitrogen and oxygen atoms in total. The van der Waals surface area contributed by atoms with Crippen molar-refractivity contribution < 1.29 is 51.0 Å². The minimum atomic E-state index is -2.65. The van der Waals surface area contributed by atoms with Crippen molar-refractivity contribution in [2.45, 2.75) is 28.5 Å². The molecule has 0 unspecified atom stereocenters. The van der Waals surface area contributed by atoms with Gasteiger partial charge >= 0.3 is 0 Å². The number of rotatable bonds is 3. The molecule has 2 aliphatic heterocycles. The van der Waals surface area contributed by atoms with Crippen molar-refractivity contribution in [2.24, 2.45) is 17.8 Å². The number of phenols is 1. The normalized spacial score (nSPS) is 31.7. The average Bonchev–Trinajstić information content (AvgIpc) is 3.29. The van der Waals surface area contributed by atoms with E-state index in [0.717, 1.165) is 4.90 Å². The van der Waals surface area contributed by atoms with E-state index in [1.807, 2.05) is 0 Å². The van der Waals surface area contributed by atoms with Gasteiger partial charge in [-0.05, 0) is 36.5 Å². The minimum Gasteiger partial charge on any atom is -0.504 e. The number of alkyl halides is 2. The highest BCUT2D eigenvalue weighted by Crippen LogP contribution is 2.66. The van der Waals surface area contributed by atoms with Crippen LogP contribution in [0.15, 0.2) is 29.8 Å². The zero-order valence-electron chi connectivity index (χ0n) is 22.1. The minimum absolute atomic E-state index is 0.0306. The van der Waals surface area contributed by atoms with Crippen LogP contribution < -0.4 is 9.64 Å². The lowest BCUT2D eigenvalue weighted by Gasteiger charge is -2.50. The predicted octanol–water partition coefficient (Wildman–Crippen LogP) is 4.29. The Balaban J connectivity index is 1.62. The van der Waals surface area contributed by atoms with Gasteiger partial charge in [-0.2, -0.15) is 0 Å². The smallest absolute Gasteiger partial charge is 0.258 e. The summed E-state index contributed by atoms with van der Waals surface area (Å²) in [7, 11) is 2.51. The lowest BCUT2D eigenvalue weighted by atomic mass is 9.56. The molecule has 0 radical (unpaired) electrons. The number of carbonyl (C=O) groups excluding carboxylic acids is 4. The van der Waals surface area contributed by atoms with Crippen LogP contribution >= 0.6 is 23.2 Å². The van der Waals surface area contributed by atoms with Crippen molar-refractivity contribution in [2.75, 3.05) is 19.1 Å². The SMILES string of the molecule is COc1cc([C@H]2C3=CC[C@@H]4C(=O)N(C)C(=O)[C@@H]4[C@@H]3C[C@@]3(Cl)C(=O)N(c4c(F)c(F)c(F)c(F)c4F)C(=O)[C@@]23Cl)ccc1O. The van der Waals surface area contributed by atoms with Crippen molar-refractivity contribution >= 4 is 52.5 Å². The molecular weight excluding hydrogens is 626 g/mol. The Morgan fingerprint density at radius 2 is 1.51 bits per heavy atom. The summed E-state index contributed by atoms with van der Waals surface area (Å²) in [6, 6.07) is 3.76. The maximum Gasteiger partial charge on any atom is 0.258 e. The van der Waals surface area contributed by atoms with Crippen LogP contribution in [0.2, 0.25) is 0 Å². The van der Waals surface area contributed by atoms with Gasteiger partial charge in [0.1, 0.15) is 5.69 Å². The molecule has 0 spiro atoms. The molecule has 2 saturated heterocycles. The van der Waals surface area contributed by atoms with E-state index in [0.29, 0.717) is 0 Å². The number of amides is 4. The molecule has 43 heavy (non-hydrogen) atoms. The van der Waals surface area contributed by atoms with Crippen molar-refractivity contribution in [3.05, 3.63) is 64.5 Å². The summed E-state index contributed by atoms with van der Waals surface area (Å²) in [5.41, 5.74) is -1.46. The molecule has 226 valence electrons. The van der Waals surface area contributed by atoms with Crippen molar-refractivity contribution in [1.82, 2.24) is 4.90 Å². The van der Waals surface area contributed by atoms with Gasteiger partial charge in [-0.15, -0.1) is 23.2 Å². The first-order valence-corrected chi connectivity index (χ1v) is 13.6. The molecule has 6 atom stereocenters. The third-order valence-corrected chi connectivity index (χ3v) is 10.4. The van der Waals surface area contributed by atoms with Crippen molar-refractivity contribution in [3.8, 4) is 11.5 Å². The van der Waals surface area contributed by atoms with Gasteiger partial charge in [-0.1, -0.05) is 17.7 Å². The van der Waals surface area contributed by atoms with Crippen LogP contribution in [0.4, 0.5) is 27.6 Å². The molecule has 2 aromatic carbocycles. The predicted molar refractivity (Wildman–Crippen MR) is 139 cm³/mol. The Morgan fingerprint density at radius 1 is 0.907 bits per heavy atom. The highest BCUT2D eigenvalue weighted by atomic mass is 35.5. The highest BCUT2D eigenvalue weighted by Gasteiger charge is 2.77. The summed E-state index contributed by atoms with van der Waals surface area (Å²) >= 11 is 14.0. The monoisotopic (exact) mass is 644 g/mol. The number of ether oxygens (including phenoxy) is 1. The van der Waals surface area contributed by atoms with Gasteiger partial charge in [0.25, 0.3) is 11.8 Å². The maximum atomic E-state index is 15.0. The number of halogens is 7. The van der Waals surface area contributed by atoms with E-state index >= 15 is 8.78 Å². The highest BCUT2D eigenvalue weighted by molar-refractivity contribution is 6.58. The molecule has 2 aliphatic carbocycles. The molecule has 15 heteroatoms. The first-order chi connectivity index (χ1) is 20.1. The molecule has 2 aromatic rings. The number of fused-ring (bicyclic) bond motifs is 4. The second-order valence-corrected chi connectivity index (χ2v) is 12.1. The van der Waals surface area contributed by atoms with E-state index in [4.69, 9.17) is 27.9 Å². The van der Waals surface area contributed by atoms with Gasteiger partial charge in [0, 0.05) is 13.0 Å². The molecule has 1 saturated carbocycles. The number of imide groups is 2. The molecule has 6 rings (SSSR count). The van der Waals surface area contributed by atoms with Gasteiger partial charge in [0.15, 0.2) is 44.5 Å². The van der Waals surface area contributed by atoms with Gasteiger partial charge < -0.3 is 9.84 Å². The average molecular weight is 645 g/mol. The number of allylic oxidation sites excluding steroid dienone is 2. The lowest BCUT2D eigenvalue weighted by molar-refractivity contribution is -0.138. The van der Waals surface area contributed by atoms with Crippen LogP contribution in [0.1, 0.15) is 24.3 Å². The molecular formula is C28H19Cl2F5N2O6. The summed E-state index contributed by atoms with van der Waals surface area (Å²) in [6.45, 7) is 0. The molecule has 3 fully saturated rings. The van der Waals surface area contributed by atoms with Crippen molar-refractivity contribution in [1.29, 1.82) is 0 Å². The fraction of sp³-hybridized carbons (Fsp3) is 0.357. The van der Waals surface area contributed by atoms with Crippen LogP contribution in [-0.2, 0) is 19.2 Å². The number of benzene rings is 2. The molecule has 0 aromatic heterocycles. The second-order valence-electron chi connectivity index (χ2n) is 10.9. The number of phenolic OH excluding ortho intramolecular Hbond substituents is 1. The molecule has 4 amide bonds. The zero-order valence-corrected chi connectivity index (χ0v) is 23.6. The topological polar surface area (TPSA) is 104 Å². The van der Waals surface area contributed by atoms with Crippen LogP contribution in [0, 0.1) is 46.8 Å². The number of likely N-dealkylation sites (tertiary alicyclic amines) is 1. The van der Waals surface area contributed by atoms with E-state index in [9.17, 15) is 37.5 Å². The second kappa shape index (κ2) is 9.39. The fourth-order valence-corrected chi connectivity index (χ4v) is 7.91. The number of hydrogen-bond acceptors (Lipinski definition) is 6. The van der Waals surface area contributed by atoms with Gasteiger partial charge in [-0.25, -0.2) is 26.9 Å². The molecule has 1 N–H and O–H groups in total. The Kier molecular flexibility index (Phi) is 6.41. The summed E-state index contributed by atoms with van der Waals surface area (Å²) < 4.78 is 77.5. The molecule has 4 aliphatic rings. The van der Waals surface area contributed by atoms with E-state index in [2.05, 4.69) is 0 Å². The zero-order chi connectivity index (χ0) is 31.5. The first kappa shape index (κ1) is 29.4. The van der Waals surface area contributed by atoms with Crippen LogP contribution in [0.5, 0.6) is 11.5 Å². The quantitative estimate of drug-likeness (QED) is 0.134. The van der Waals surface area contributed by atoms with Crippen LogP contribution in [-0.4, -0.2) is 57.5 Å². The Morgan fingerprint density at radius 3 is 2.12 bits per heavy atom. The summed E-state index contributed by atoms with van der Waals surface area (Å²) in [6.07, 6.45) is 1.00. The van der Waals surface area contributed by atoms with E-state index in [1.165, 1.54) is 32.4 Å². The molecule has 2 heterocycles. The lowest BCUT2D eigenvalue weighted by Crippen LogP contribution is -2.60. The molecule has 0 bridgehead atoms. The maximum absolute atomic E-state index is 15.0. The largest absolute Gasteiger partial charge is 0.504 e. The third-order valence-electron chi connectivity index (χ3n) is 8.98. The van der Waals surface area contributed by atoms with Gasteiger partial charge in [0.05, 0.1) is 18.9 Å². The van der Waals surface area contributed by atoms with E-state index in [1.54, 1.807) is 6.08 Å². The summed E-state index contributed by atoms with van der Waals surface area (Å²) in [5.74, 6) is -21.3. The number of methoxy groups -OCH3 is 1. The fourth-order valence-electron chi connectivity index (χ4n) is 6.97. The Labute approximate surface area is 249 Å². The van der Waals surface area contributed by atoms with Crippen LogP contribution in [0.3, 0.4) is 0 Å². The number of hydrogen-bond donors (Lipinski definition) is 1. The number of aromatic hydroxyl groups is 1. The number of nitrogens with zero attached hydrogens (tertiary/aromatic N) is 2. The number of anilines is 1. The summed E-state index contributed by atoms with van der Waals surface area (Å²) in [4.78, 5) is 49.7. The van der Waals surface area contributed by atoms with Crippen molar-refractivity contribution in [3.63, 3.8) is 0 Å². The Bertz CT molecular complexity index is 1690. The van der Waals surface area contributed by atoms with E-state index < -0.39 is 98.2 Å².